The minimum atomic E-state index is -0.265. The van der Waals surface area contributed by atoms with Crippen LogP contribution in [0, 0.1) is 0 Å². The van der Waals surface area contributed by atoms with Gasteiger partial charge in [-0.2, -0.15) is 5.10 Å². The number of ether oxygens (including phenoxy) is 1. The third-order valence-corrected chi connectivity index (χ3v) is 5.05. The van der Waals surface area contributed by atoms with E-state index in [2.05, 4.69) is 20.8 Å². The summed E-state index contributed by atoms with van der Waals surface area (Å²) in [4.78, 5) is 12.5. The van der Waals surface area contributed by atoms with Crippen molar-refractivity contribution in [3.63, 3.8) is 0 Å². The number of hydrazone groups is 1. The number of carbonyl (C=O) groups is 1. The van der Waals surface area contributed by atoms with Crippen LogP contribution < -0.4 is 10.2 Å². The standard InChI is InChI=1S/C23H19N5O2/c29-23(15-28-20-12-6-5-11-18(20)25-27-28)26-24-19-14-22(16-8-2-1-3-9-16)30-21-13-7-4-10-17(19)21/h1-13,22H,14-15H2,(H,26,29)/b24-19+. The monoisotopic (exact) mass is 397 g/mol. The highest BCUT2D eigenvalue weighted by atomic mass is 16.5. The predicted molar refractivity (Wildman–Crippen MR) is 113 cm³/mol. The quantitative estimate of drug-likeness (QED) is 0.535. The Morgan fingerprint density at radius 1 is 1.03 bits per heavy atom. The lowest BCUT2D eigenvalue weighted by atomic mass is 9.96. The molecule has 3 aromatic carbocycles. The topological polar surface area (TPSA) is 81.4 Å². The first-order chi connectivity index (χ1) is 14.8. The van der Waals surface area contributed by atoms with Crippen LogP contribution in [0.2, 0.25) is 0 Å². The van der Waals surface area contributed by atoms with Gasteiger partial charge in [0.05, 0.1) is 11.2 Å². The van der Waals surface area contributed by atoms with Gasteiger partial charge in [0.25, 0.3) is 5.91 Å². The summed E-state index contributed by atoms with van der Waals surface area (Å²) in [5, 5.41) is 12.6. The minimum absolute atomic E-state index is 0.0392. The molecule has 1 N–H and O–H groups in total. The van der Waals surface area contributed by atoms with Gasteiger partial charge < -0.3 is 4.74 Å². The van der Waals surface area contributed by atoms with Crippen LogP contribution in [0.25, 0.3) is 11.0 Å². The molecular weight excluding hydrogens is 378 g/mol. The largest absolute Gasteiger partial charge is 0.485 e. The number of hydrogen-bond donors (Lipinski definition) is 1. The van der Waals surface area contributed by atoms with E-state index in [-0.39, 0.29) is 18.6 Å². The third kappa shape index (κ3) is 3.53. The fourth-order valence-electron chi connectivity index (χ4n) is 3.58. The molecule has 1 amide bonds. The zero-order chi connectivity index (χ0) is 20.3. The van der Waals surface area contributed by atoms with Crippen molar-refractivity contribution in [1.29, 1.82) is 0 Å². The molecular formula is C23H19N5O2. The van der Waals surface area contributed by atoms with E-state index in [0.29, 0.717) is 6.42 Å². The van der Waals surface area contributed by atoms with E-state index in [1.54, 1.807) is 4.68 Å². The number of rotatable bonds is 4. The molecule has 1 aliphatic rings. The van der Waals surface area contributed by atoms with Gasteiger partial charge in [0.1, 0.15) is 23.9 Å². The van der Waals surface area contributed by atoms with Crippen molar-refractivity contribution >= 4 is 22.7 Å². The maximum atomic E-state index is 12.5. The first-order valence-corrected chi connectivity index (χ1v) is 9.72. The summed E-state index contributed by atoms with van der Waals surface area (Å²) in [7, 11) is 0. The van der Waals surface area contributed by atoms with Crippen molar-refractivity contribution in [1.82, 2.24) is 20.4 Å². The van der Waals surface area contributed by atoms with Crippen LogP contribution in [0.5, 0.6) is 5.75 Å². The fraction of sp³-hybridized carbons (Fsp3) is 0.130. The summed E-state index contributed by atoms with van der Waals surface area (Å²) in [5.41, 5.74) is 6.97. The molecule has 5 rings (SSSR count). The Bertz CT molecular complexity index is 1230. The fourth-order valence-corrected chi connectivity index (χ4v) is 3.58. The third-order valence-electron chi connectivity index (χ3n) is 5.05. The molecule has 0 aliphatic carbocycles. The predicted octanol–water partition coefficient (Wildman–Crippen LogP) is 3.48. The maximum Gasteiger partial charge on any atom is 0.261 e. The van der Waals surface area contributed by atoms with Crippen molar-refractivity contribution in [3.8, 4) is 5.75 Å². The highest BCUT2D eigenvalue weighted by molar-refractivity contribution is 6.04. The molecule has 1 unspecified atom stereocenters. The molecule has 1 aliphatic heterocycles. The zero-order valence-electron chi connectivity index (χ0n) is 16.1. The Hall–Kier alpha value is -4.00. The molecule has 0 spiro atoms. The summed E-state index contributed by atoms with van der Waals surface area (Å²) < 4.78 is 7.74. The van der Waals surface area contributed by atoms with E-state index in [4.69, 9.17) is 4.74 Å². The molecule has 7 heteroatoms. The molecule has 30 heavy (non-hydrogen) atoms. The Balaban J connectivity index is 1.37. The number of fused-ring (bicyclic) bond motifs is 2. The second-order valence-corrected chi connectivity index (χ2v) is 7.05. The first kappa shape index (κ1) is 18.1. The van der Waals surface area contributed by atoms with Gasteiger partial charge in [0.2, 0.25) is 0 Å². The van der Waals surface area contributed by atoms with Gasteiger partial charge in [0, 0.05) is 12.0 Å². The van der Waals surface area contributed by atoms with E-state index in [1.165, 1.54) is 0 Å². The smallest absolute Gasteiger partial charge is 0.261 e. The number of aromatic nitrogens is 3. The van der Waals surface area contributed by atoms with Crippen LogP contribution in [-0.4, -0.2) is 26.6 Å². The van der Waals surface area contributed by atoms with Gasteiger partial charge in [0.15, 0.2) is 0 Å². The number of carbonyl (C=O) groups excluding carboxylic acids is 1. The Kier molecular flexibility index (Phi) is 4.69. The number of benzene rings is 3. The molecule has 1 atom stereocenters. The zero-order valence-corrected chi connectivity index (χ0v) is 16.1. The van der Waals surface area contributed by atoms with Crippen molar-refractivity contribution in [2.24, 2.45) is 5.10 Å². The van der Waals surface area contributed by atoms with Crippen LogP contribution in [0.4, 0.5) is 0 Å². The van der Waals surface area contributed by atoms with Crippen molar-refractivity contribution in [3.05, 3.63) is 90.0 Å². The number of hydrogen-bond acceptors (Lipinski definition) is 5. The van der Waals surface area contributed by atoms with E-state index < -0.39 is 0 Å². The van der Waals surface area contributed by atoms with E-state index in [1.807, 2.05) is 78.9 Å². The molecule has 148 valence electrons. The maximum absolute atomic E-state index is 12.5. The summed E-state index contributed by atoms with van der Waals surface area (Å²) in [5.74, 6) is 0.492. The van der Waals surface area contributed by atoms with Crippen LogP contribution >= 0.6 is 0 Å². The normalized spacial score (nSPS) is 16.8. The summed E-state index contributed by atoms with van der Waals surface area (Å²) >= 11 is 0. The number of nitrogens with one attached hydrogen (secondary N) is 1. The molecule has 0 fully saturated rings. The van der Waals surface area contributed by atoms with Crippen molar-refractivity contribution in [2.45, 2.75) is 19.1 Å². The van der Waals surface area contributed by atoms with Gasteiger partial charge in [-0.1, -0.05) is 59.8 Å². The van der Waals surface area contributed by atoms with Crippen molar-refractivity contribution < 1.29 is 9.53 Å². The van der Waals surface area contributed by atoms with Gasteiger partial charge in [-0.25, -0.2) is 10.1 Å². The summed E-state index contributed by atoms with van der Waals surface area (Å²) in [6.07, 6.45) is 0.407. The van der Waals surface area contributed by atoms with Crippen LogP contribution in [-0.2, 0) is 11.3 Å². The lowest BCUT2D eigenvalue weighted by Crippen LogP contribution is -2.28. The highest BCUT2D eigenvalue weighted by Crippen LogP contribution is 2.34. The molecule has 2 heterocycles. The summed E-state index contributed by atoms with van der Waals surface area (Å²) in [6.45, 7) is 0.0392. The first-order valence-electron chi connectivity index (χ1n) is 9.72. The Morgan fingerprint density at radius 3 is 2.70 bits per heavy atom. The summed E-state index contributed by atoms with van der Waals surface area (Å²) in [6, 6.07) is 25.3. The lowest BCUT2D eigenvalue weighted by Gasteiger charge is -2.27. The molecule has 1 aromatic heterocycles. The van der Waals surface area contributed by atoms with Crippen molar-refractivity contribution in [2.75, 3.05) is 0 Å². The molecule has 0 bridgehead atoms. The minimum Gasteiger partial charge on any atom is -0.485 e. The molecule has 7 nitrogen and oxygen atoms in total. The van der Waals surface area contributed by atoms with Gasteiger partial charge in [-0.3, -0.25) is 4.79 Å². The average Bonchev–Trinajstić information content (AvgIpc) is 3.20. The van der Waals surface area contributed by atoms with Crippen LogP contribution in [0.3, 0.4) is 0 Å². The van der Waals surface area contributed by atoms with Gasteiger partial charge >= 0.3 is 0 Å². The molecule has 4 aromatic rings. The van der Waals surface area contributed by atoms with Crippen LogP contribution in [0.1, 0.15) is 23.7 Å². The molecule has 0 saturated carbocycles. The molecule has 0 saturated heterocycles. The lowest BCUT2D eigenvalue weighted by molar-refractivity contribution is -0.121. The van der Waals surface area contributed by atoms with E-state index in [9.17, 15) is 4.79 Å². The second-order valence-electron chi connectivity index (χ2n) is 7.05. The van der Waals surface area contributed by atoms with Gasteiger partial charge in [-0.05, 0) is 29.8 Å². The molecule has 0 radical (unpaired) electrons. The number of amides is 1. The Morgan fingerprint density at radius 2 is 1.80 bits per heavy atom. The van der Waals surface area contributed by atoms with E-state index in [0.717, 1.165) is 33.6 Å². The second kappa shape index (κ2) is 7.79. The SMILES string of the molecule is O=C(Cn1nnc2ccccc21)N/N=C1\CC(c2ccccc2)Oc2ccccc21. The number of nitrogens with zero attached hydrogens (tertiary/aromatic N) is 4. The Labute approximate surface area is 173 Å². The van der Waals surface area contributed by atoms with Gasteiger partial charge in [-0.15, -0.1) is 5.10 Å². The van der Waals surface area contributed by atoms with E-state index >= 15 is 0 Å². The average molecular weight is 397 g/mol. The van der Waals surface area contributed by atoms with Crippen LogP contribution in [0.15, 0.2) is 84.0 Å². The highest BCUT2D eigenvalue weighted by Gasteiger charge is 2.26. The number of para-hydroxylation sites is 2.